The summed E-state index contributed by atoms with van der Waals surface area (Å²) in [5.41, 5.74) is 1.28. The van der Waals surface area contributed by atoms with E-state index in [0.29, 0.717) is 18.2 Å². The third kappa shape index (κ3) is 2.55. The molecule has 0 spiro atoms. The minimum atomic E-state index is -0.226. The minimum absolute atomic E-state index is 0.109. The second-order valence-corrected chi connectivity index (χ2v) is 6.52. The highest BCUT2D eigenvalue weighted by Crippen LogP contribution is 2.36. The summed E-state index contributed by atoms with van der Waals surface area (Å²) in [6, 6.07) is 5.49. The van der Waals surface area contributed by atoms with Crippen LogP contribution in [-0.4, -0.2) is 33.5 Å². The Morgan fingerprint density at radius 2 is 2.00 bits per heavy atom. The molecule has 1 fully saturated rings. The van der Waals surface area contributed by atoms with Crippen molar-refractivity contribution in [3.8, 4) is 0 Å². The zero-order chi connectivity index (χ0) is 16.7. The van der Waals surface area contributed by atoms with Crippen LogP contribution in [0.5, 0.6) is 0 Å². The minimum Gasteiger partial charge on any atom is -0.340 e. The van der Waals surface area contributed by atoms with Gasteiger partial charge in [0.15, 0.2) is 0 Å². The molecule has 2 bridgehead atoms. The maximum atomic E-state index is 12.6. The lowest BCUT2D eigenvalue weighted by Gasteiger charge is -2.42. The van der Waals surface area contributed by atoms with Crippen molar-refractivity contribution in [1.82, 2.24) is 14.5 Å². The van der Waals surface area contributed by atoms with Crippen molar-refractivity contribution in [3.63, 3.8) is 0 Å². The topological polar surface area (TPSA) is 80.1 Å². The molecule has 1 amide bonds. The number of rotatable bonds is 2. The first-order valence-electron chi connectivity index (χ1n) is 8.15. The third-order valence-electron chi connectivity index (χ3n) is 4.75. The summed E-state index contributed by atoms with van der Waals surface area (Å²) in [5, 5.41) is 2.62. The summed E-state index contributed by atoms with van der Waals surface area (Å²) >= 11 is 0. The van der Waals surface area contributed by atoms with Crippen LogP contribution >= 0.6 is 0 Å². The van der Waals surface area contributed by atoms with Crippen LogP contribution in [0, 0.1) is 5.92 Å². The van der Waals surface area contributed by atoms with Gasteiger partial charge in [-0.05, 0) is 30.5 Å². The maximum Gasteiger partial charge on any atom is 0.274 e. The Kier molecular flexibility index (Phi) is 3.55. The number of pyridine rings is 1. The molecule has 2 aromatic heterocycles. The number of fused-ring (bicyclic) bond motifs is 4. The second-order valence-electron chi connectivity index (χ2n) is 6.52. The lowest BCUT2D eigenvalue weighted by Crippen LogP contribution is -2.48. The molecule has 0 radical (unpaired) electrons. The number of amides is 1. The van der Waals surface area contributed by atoms with Gasteiger partial charge in [0, 0.05) is 50.6 Å². The van der Waals surface area contributed by atoms with Crippen molar-refractivity contribution in [2.45, 2.75) is 25.8 Å². The van der Waals surface area contributed by atoms with Crippen LogP contribution in [0.15, 0.2) is 35.4 Å². The van der Waals surface area contributed by atoms with Crippen molar-refractivity contribution in [2.75, 3.05) is 23.3 Å². The molecule has 7 heteroatoms. The van der Waals surface area contributed by atoms with Gasteiger partial charge in [-0.1, -0.05) is 0 Å². The van der Waals surface area contributed by atoms with Crippen LogP contribution in [0.3, 0.4) is 0 Å². The molecule has 2 aromatic rings. The average Bonchev–Trinajstić information content (AvgIpc) is 2.58. The molecule has 2 aliphatic rings. The normalized spacial score (nSPS) is 22.0. The van der Waals surface area contributed by atoms with Gasteiger partial charge >= 0.3 is 0 Å². The molecule has 7 nitrogen and oxygen atoms in total. The van der Waals surface area contributed by atoms with Crippen LogP contribution in [0.2, 0.25) is 0 Å². The molecular weight excluding hydrogens is 306 g/mol. The van der Waals surface area contributed by atoms with Gasteiger partial charge in [-0.15, -0.1) is 0 Å². The number of hydrogen-bond acceptors (Lipinski definition) is 5. The second kappa shape index (κ2) is 5.74. The largest absolute Gasteiger partial charge is 0.340 e. The van der Waals surface area contributed by atoms with E-state index in [-0.39, 0.29) is 17.4 Å². The van der Waals surface area contributed by atoms with E-state index in [1.54, 1.807) is 18.5 Å². The molecule has 0 saturated carbocycles. The molecule has 124 valence electrons. The van der Waals surface area contributed by atoms with Crippen LogP contribution in [0.25, 0.3) is 0 Å². The summed E-state index contributed by atoms with van der Waals surface area (Å²) in [5.74, 6) is 1.18. The monoisotopic (exact) mass is 325 g/mol. The van der Waals surface area contributed by atoms with Gasteiger partial charge in [-0.2, -0.15) is 0 Å². The van der Waals surface area contributed by atoms with Crippen LogP contribution in [0.1, 0.15) is 25.0 Å². The van der Waals surface area contributed by atoms with Gasteiger partial charge in [0.25, 0.3) is 5.56 Å². The van der Waals surface area contributed by atoms with Gasteiger partial charge in [-0.25, -0.2) is 9.97 Å². The summed E-state index contributed by atoms with van der Waals surface area (Å²) in [6.45, 7) is 3.73. The van der Waals surface area contributed by atoms with Crippen LogP contribution < -0.4 is 15.8 Å². The number of aromatic nitrogens is 3. The first-order valence-corrected chi connectivity index (χ1v) is 8.15. The number of anilines is 2. The molecule has 1 N–H and O–H groups in total. The molecule has 4 rings (SSSR count). The quantitative estimate of drug-likeness (QED) is 0.898. The fourth-order valence-corrected chi connectivity index (χ4v) is 3.85. The zero-order valence-electron chi connectivity index (χ0n) is 13.5. The van der Waals surface area contributed by atoms with Crippen molar-refractivity contribution in [2.24, 2.45) is 5.92 Å². The average molecular weight is 325 g/mol. The fraction of sp³-hybridized carbons (Fsp3) is 0.412. The van der Waals surface area contributed by atoms with Gasteiger partial charge in [-0.3, -0.25) is 9.59 Å². The molecular formula is C17H19N5O2. The maximum absolute atomic E-state index is 12.6. The highest BCUT2D eigenvalue weighted by atomic mass is 16.2. The van der Waals surface area contributed by atoms with E-state index in [1.807, 2.05) is 16.7 Å². The summed E-state index contributed by atoms with van der Waals surface area (Å²) in [7, 11) is 0. The summed E-state index contributed by atoms with van der Waals surface area (Å²) in [6.07, 6.45) is 4.58. The molecule has 4 heterocycles. The number of nitrogens with one attached hydrogen (secondary N) is 1. The predicted molar refractivity (Wildman–Crippen MR) is 90.1 cm³/mol. The first-order chi connectivity index (χ1) is 11.6. The summed E-state index contributed by atoms with van der Waals surface area (Å²) < 4.78 is 1.83. The number of piperidine rings is 1. The van der Waals surface area contributed by atoms with E-state index in [0.717, 1.165) is 31.2 Å². The molecule has 2 aliphatic heterocycles. The number of nitrogens with zero attached hydrogens (tertiary/aromatic N) is 4. The van der Waals surface area contributed by atoms with Gasteiger partial charge in [0.1, 0.15) is 5.69 Å². The van der Waals surface area contributed by atoms with Crippen molar-refractivity contribution in [1.29, 1.82) is 0 Å². The SMILES string of the molecule is CC(=O)Nc1ccc2n(c1=O)CC1CC2CN(c2ncccn2)C1. The van der Waals surface area contributed by atoms with E-state index < -0.39 is 0 Å². The number of carbonyl (C=O) groups excluding carboxylic acids is 1. The van der Waals surface area contributed by atoms with Crippen molar-refractivity contribution in [3.05, 3.63) is 46.6 Å². The Balaban J connectivity index is 1.67. The van der Waals surface area contributed by atoms with E-state index in [9.17, 15) is 9.59 Å². The van der Waals surface area contributed by atoms with Crippen LogP contribution in [0.4, 0.5) is 11.6 Å². The molecule has 24 heavy (non-hydrogen) atoms. The van der Waals surface area contributed by atoms with Crippen molar-refractivity contribution < 1.29 is 4.79 Å². The fourth-order valence-electron chi connectivity index (χ4n) is 3.85. The Hall–Kier alpha value is -2.70. The van der Waals surface area contributed by atoms with Crippen molar-refractivity contribution >= 4 is 17.5 Å². The Morgan fingerprint density at radius 1 is 1.21 bits per heavy atom. The standard InChI is InChI=1S/C17H19N5O2/c1-11(23)20-14-3-4-15-13-7-12(9-22(15)16(14)24)8-21(10-13)17-18-5-2-6-19-17/h2-6,12-13H,7-10H2,1H3,(H,20,23). The molecule has 0 aliphatic carbocycles. The third-order valence-corrected chi connectivity index (χ3v) is 4.75. The first kappa shape index (κ1) is 14.9. The Morgan fingerprint density at radius 3 is 2.75 bits per heavy atom. The van der Waals surface area contributed by atoms with Gasteiger partial charge in [0.2, 0.25) is 11.9 Å². The molecule has 2 unspecified atom stereocenters. The van der Waals surface area contributed by atoms with Gasteiger partial charge in [0.05, 0.1) is 0 Å². The number of carbonyl (C=O) groups is 1. The van der Waals surface area contributed by atoms with E-state index in [1.165, 1.54) is 6.92 Å². The van der Waals surface area contributed by atoms with Gasteiger partial charge < -0.3 is 14.8 Å². The predicted octanol–water partition coefficient (Wildman–Crippen LogP) is 1.22. The Bertz CT molecular complexity index is 833. The van der Waals surface area contributed by atoms with E-state index in [2.05, 4.69) is 20.2 Å². The zero-order valence-corrected chi connectivity index (χ0v) is 13.5. The lowest BCUT2D eigenvalue weighted by atomic mass is 9.83. The van der Waals surface area contributed by atoms with E-state index in [4.69, 9.17) is 0 Å². The lowest BCUT2D eigenvalue weighted by molar-refractivity contribution is -0.114. The van der Waals surface area contributed by atoms with E-state index >= 15 is 0 Å². The molecule has 2 atom stereocenters. The summed E-state index contributed by atoms with van der Waals surface area (Å²) in [4.78, 5) is 34.8. The van der Waals surface area contributed by atoms with Crippen LogP contribution in [-0.2, 0) is 11.3 Å². The Labute approximate surface area is 139 Å². The highest BCUT2D eigenvalue weighted by Gasteiger charge is 2.35. The molecule has 1 saturated heterocycles. The molecule has 0 aromatic carbocycles. The smallest absolute Gasteiger partial charge is 0.274 e. The number of hydrogen-bond donors (Lipinski definition) is 1. The highest BCUT2D eigenvalue weighted by molar-refractivity contribution is 5.88.